The molecule has 4 aromatic rings. The maximum Gasteiger partial charge on any atom is 0.337 e. The minimum absolute atomic E-state index is 0.0212. The second-order valence-corrected chi connectivity index (χ2v) is 11.0. The van der Waals surface area contributed by atoms with Gasteiger partial charge in [-0.3, -0.25) is 19.3 Å². The number of hydrogen-bond acceptors (Lipinski definition) is 9. The molecule has 0 unspecified atom stereocenters. The van der Waals surface area contributed by atoms with Crippen LogP contribution < -0.4 is 20.5 Å². The van der Waals surface area contributed by atoms with Crippen LogP contribution in [0.2, 0.25) is 0 Å². The van der Waals surface area contributed by atoms with E-state index < -0.39 is 27.3 Å². The summed E-state index contributed by atoms with van der Waals surface area (Å²) in [5.74, 6) is -2.23. The van der Waals surface area contributed by atoms with Crippen LogP contribution in [0.4, 0.5) is 0 Å². The Bertz CT molecular complexity index is 1810. The third-order valence-electron chi connectivity index (χ3n) is 5.85. The van der Waals surface area contributed by atoms with Crippen LogP contribution in [-0.4, -0.2) is 36.0 Å². The van der Waals surface area contributed by atoms with Crippen molar-refractivity contribution in [3.8, 4) is 0 Å². The van der Waals surface area contributed by atoms with Crippen molar-refractivity contribution in [1.29, 1.82) is 0 Å². The molecule has 0 saturated heterocycles. The van der Waals surface area contributed by atoms with Crippen LogP contribution in [-0.2, 0) is 19.4 Å². The average molecular weight is 533 g/mol. The van der Waals surface area contributed by atoms with E-state index in [0.29, 0.717) is 11.1 Å². The number of rotatable bonds is 5. The summed E-state index contributed by atoms with van der Waals surface area (Å²) < 4.78 is 34.6. The Kier molecular flexibility index (Phi) is 6.32. The second kappa shape index (κ2) is 9.60. The predicted molar refractivity (Wildman–Crippen MR) is 139 cm³/mol. The van der Waals surface area contributed by atoms with Gasteiger partial charge in [-0.15, -0.1) is 11.3 Å². The summed E-state index contributed by atoms with van der Waals surface area (Å²) in [5.41, 5.74) is 6.99. The summed E-state index contributed by atoms with van der Waals surface area (Å²) in [6.07, 6.45) is 7.79. The molecule has 186 valence electrons. The number of benzene rings is 1. The lowest BCUT2D eigenvalue weighted by Crippen LogP contribution is -2.41. The number of pyridine rings is 2. The first-order valence-electron chi connectivity index (χ1n) is 11.0. The molecule has 5 rings (SSSR count). The van der Waals surface area contributed by atoms with Crippen LogP contribution in [0.15, 0.2) is 94.0 Å². The summed E-state index contributed by atoms with van der Waals surface area (Å²) in [6, 6.07) is 14.5. The number of fused-ring (bicyclic) bond motifs is 1. The fourth-order valence-corrected chi connectivity index (χ4v) is 7.07. The molecular weight excluding hydrogens is 512 g/mol. The number of esters is 1. The SMILES string of the molecule is COC(=O)C1=c2s/c(=C/c3cccnc3)c(=O)n2C(N)=C(S(=O)(=O)c2ccccc2)[C@H]1c1cccnc1. The van der Waals surface area contributed by atoms with Gasteiger partial charge in [-0.2, -0.15) is 0 Å². The lowest BCUT2D eigenvalue weighted by atomic mass is 9.90. The van der Waals surface area contributed by atoms with Crippen LogP contribution in [0.3, 0.4) is 0 Å². The molecule has 3 aromatic heterocycles. The fourth-order valence-electron chi connectivity index (χ4n) is 4.21. The number of allylic oxidation sites excluding steroid dienone is 1. The number of carbonyl (C=O) groups excluding carboxylic acids is 1. The maximum absolute atomic E-state index is 14.0. The van der Waals surface area contributed by atoms with Gasteiger partial charge in [0.05, 0.1) is 28.0 Å². The van der Waals surface area contributed by atoms with Gasteiger partial charge in [-0.1, -0.05) is 30.3 Å². The minimum Gasteiger partial charge on any atom is -0.466 e. The van der Waals surface area contributed by atoms with Gasteiger partial charge in [-0.25, -0.2) is 13.2 Å². The van der Waals surface area contributed by atoms with Crippen LogP contribution in [0.25, 0.3) is 17.5 Å². The quantitative estimate of drug-likeness (QED) is 0.379. The second-order valence-electron chi connectivity index (χ2n) is 8.03. The van der Waals surface area contributed by atoms with Crippen molar-refractivity contribution >= 4 is 44.6 Å². The van der Waals surface area contributed by atoms with E-state index in [1.54, 1.807) is 60.9 Å². The van der Waals surface area contributed by atoms with Crippen molar-refractivity contribution < 1.29 is 17.9 Å². The van der Waals surface area contributed by atoms with Crippen molar-refractivity contribution in [2.45, 2.75) is 10.8 Å². The van der Waals surface area contributed by atoms with E-state index in [-0.39, 0.29) is 30.4 Å². The molecule has 0 aliphatic carbocycles. The summed E-state index contributed by atoms with van der Waals surface area (Å²) >= 11 is 1.02. The topological polar surface area (TPSA) is 134 Å². The molecule has 11 heteroatoms. The number of sulfone groups is 1. The average Bonchev–Trinajstić information content (AvgIpc) is 3.25. The highest BCUT2D eigenvalue weighted by Crippen LogP contribution is 2.41. The number of carbonyl (C=O) groups is 1. The molecule has 0 bridgehead atoms. The zero-order chi connectivity index (χ0) is 26.2. The molecule has 1 aromatic carbocycles. The van der Waals surface area contributed by atoms with Crippen molar-refractivity contribution in [1.82, 2.24) is 14.5 Å². The number of methoxy groups -OCH3 is 1. The summed E-state index contributed by atoms with van der Waals surface area (Å²) in [7, 11) is -3.07. The Balaban J connectivity index is 1.93. The zero-order valence-corrected chi connectivity index (χ0v) is 21.1. The molecular formula is C26H20N4O5S2. The Morgan fingerprint density at radius 3 is 2.38 bits per heavy atom. The van der Waals surface area contributed by atoms with Crippen molar-refractivity contribution in [3.63, 3.8) is 0 Å². The maximum atomic E-state index is 14.0. The van der Waals surface area contributed by atoms with E-state index in [4.69, 9.17) is 10.5 Å². The van der Waals surface area contributed by atoms with Crippen molar-refractivity contribution in [2.24, 2.45) is 5.73 Å². The first-order chi connectivity index (χ1) is 17.8. The number of nitrogens with two attached hydrogens (primary N) is 1. The van der Waals surface area contributed by atoms with E-state index in [2.05, 4.69) is 9.97 Å². The Morgan fingerprint density at radius 2 is 1.76 bits per heavy atom. The van der Waals surface area contributed by atoms with E-state index >= 15 is 0 Å². The molecule has 1 aliphatic heterocycles. The lowest BCUT2D eigenvalue weighted by Gasteiger charge is -2.27. The highest BCUT2D eigenvalue weighted by atomic mass is 32.2. The largest absolute Gasteiger partial charge is 0.466 e. The number of hydrogen-bond donors (Lipinski definition) is 1. The fraction of sp³-hybridized carbons (Fsp3) is 0.0769. The van der Waals surface area contributed by atoms with Crippen molar-refractivity contribution in [2.75, 3.05) is 7.11 Å². The molecule has 0 spiro atoms. The third kappa shape index (κ3) is 4.17. The van der Waals surface area contributed by atoms with Gasteiger partial charge in [0.1, 0.15) is 15.4 Å². The highest BCUT2D eigenvalue weighted by molar-refractivity contribution is 7.95. The number of nitrogens with zero attached hydrogens (tertiary/aromatic N) is 3. The number of ether oxygens (including phenoxy) is 1. The van der Waals surface area contributed by atoms with E-state index in [9.17, 15) is 18.0 Å². The third-order valence-corrected chi connectivity index (χ3v) is 8.87. The molecule has 37 heavy (non-hydrogen) atoms. The summed E-state index contributed by atoms with van der Waals surface area (Å²) in [6.45, 7) is 0. The normalized spacial score (nSPS) is 16.0. The number of thiazole rings is 1. The van der Waals surface area contributed by atoms with E-state index in [1.165, 1.54) is 31.6 Å². The van der Waals surface area contributed by atoms with Crippen LogP contribution in [0.1, 0.15) is 17.0 Å². The van der Waals surface area contributed by atoms with Gasteiger partial charge in [0, 0.05) is 24.8 Å². The molecule has 0 radical (unpaired) electrons. The van der Waals surface area contributed by atoms with Crippen LogP contribution >= 0.6 is 11.3 Å². The summed E-state index contributed by atoms with van der Waals surface area (Å²) in [5, 5.41) is 0. The van der Waals surface area contributed by atoms with Gasteiger partial charge in [0.15, 0.2) is 0 Å². The standard InChI is InChI=1S/C26H20N4O5S2/c1-35-26(32)21-20(17-8-6-12-29-15-17)22(37(33,34)18-9-3-2-4-10-18)23(27)30-24(31)19(36-25(21)30)13-16-7-5-11-28-14-16/h2-15,20H,27H2,1H3/b19-13+/t20-/m0/s1. The van der Waals surface area contributed by atoms with Crippen LogP contribution in [0.5, 0.6) is 0 Å². The van der Waals surface area contributed by atoms with Gasteiger partial charge < -0.3 is 10.5 Å². The van der Waals surface area contributed by atoms with Crippen molar-refractivity contribution in [3.05, 3.63) is 115 Å². The molecule has 9 nitrogen and oxygen atoms in total. The van der Waals surface area contributed by atoms with Gasteiger partial charge in [0.25, 0.3) is 5.56 Å². The molecule has 0 amide bonds. The van der Waals surface area contributed by atoms with Gasteiger partial charge in [0.2, 0.25) is 9.84 Å². The molecule has 0 saturated carbocycles. The first kappa shape index (κ1) is 24.3. The first-order valence-corrected chi connectivity index (χ1v) is 13.3. The Labute approximate surface area is 215 Å². The highest BCUT2D eigenvalue weighted by Gasteiger charge is 2.42. The van der Waals surface area contributed by atoms with E-state index in [0.717, 1.165) is 15.9 Å². The smallest absolute Gasteiger partial charge is 0.337 e. The van der Waals surface area contributed by atoms with Crippen LogP contribution in [0, 0.1) is 0 Å². The molecule has 2 N–H and O–H groups in total. The molecule has 1 atom stereocenters. The van der Waals surface area contributed by atoms with Gasteiger partial charge >= 0.3 is 5.97 Å². The molecule has 4 heterocycles. The Hall–Kier alpha value is -4.35. The zero-order valence-electron chi connectivity index (χ0n) is 19.4. The predicted octanol–water partition coefficient (Wildman–Crippen LogP) is 1.21. The molecule has 1 aliphatic rings. The number of aromatic nitrogens is 3. The summed E-state index contributed by atoms with van der Waals surface area (Å²) in [4.78, 5) is 34.7. The van der Waals surface area contributed by atoms with Gasteiger partial charge in [-0.05, 0) is 41.5 Å². The monoisotopic (exact) mass is 532 g/mol. The lowest BCUT2D eigenvalue weighted by molar-refractivity contribution is -0.134. The minimum atomic E-state index is -4.27. The molecule has 0 fully saturated rings. The van der Waals surface area contributed by atoms with E-state index in [1.807, 2.05) is 0 Å². The Morgan fingerprint density at radius 1 is 1.05 bits per heavy atom.